The number of benzene rings is 1. The van der Waals surface area contributed by atoms with Gasteiger partial charge in [-0.05, 0) is 42.5 Å². The summed E-state index contributed by atoms with van der Waals surface area (Å²) in [5, 5.41) is 12.9. The van der Waals surface area contributed by atoms with Gasteiger partial charge in [-0.3, -0.25) is 0 Å². The van der Waals surface area contributed by atoms with E-state index in [9.17, 15) is 9.60 Å². The van der Waals surface area contributed by atoms with E-state index in [1.165, 1.54) is 12.1 Å². The lowest BCUT2D eigenvalue weighted by atomic mass is 9.80. The summed E-state index contributed by atoms with van der Waals surface area (Å²) < 4.78 is 19.6. The number of thiophene rings is 1. The Kier molecular flexibility index (Phi) is 5.04. The summed E-state index contributed by atoms with van der Waals surface area (Å²) in [6, 6.07) is 6.55. The average Bonchev–Trinajstić information content (AvgIpc) is 2.89. The fourth-order valence-corrected chi connectivity index (χ4v) is 4.66. The number of rotatable bonds is 4. The van der Waals surface area contributed by atoms with E-state index in [1.54, 1.807) is 23.5 Å². The number of halogens is 1. The van der Waals surface area contributed by atoms with Gasteiger partial charge in [0, 0.05) is 23.5 Å². The van der Waals surface area contributed by atoms with Crippen LogP contribution in [0, 0.1) is 5.82 Å². The third kappa shape index (κ3) is 3.29. The highest BCUT2D eigenvalue weighted by atomic mass is 32.2. The molecule has 1 aliphatic rings. The Morgan fingerprint density at radius 3 is 2.74 bits per heavy atom. The second-order valence-corrected chi connectivity index (χ2v) is 7.38. The molecule has 0 amide bonds. The number of hydrogen-bond donors (Lipinski definition) is 2. The summed E-state index contributed by atoms with van der Waals surface area (Å²) in [4.78, 5) is 1.12. The van der Waals surface area contributed by atoms with Gasteiger partial charge in [0.15, 0.2) is 0 Å². The van der Waals surface area contributed by atoms with Crippen LogP contribution < -0.4 is 0 Å². The van der Waals surface area contributed by atoms with E-state index < -0.39 is 0 Å². The number of hydrogen-bond acceptors (Lipinski definition) is 5. The summed E-state index contributed by atoms with van der Waals surface area (Å²) in [7, 11) is 0. The molecule has 0 spiro atoms. The molecule has 23 heavy (non-hydrogen) atoms. The zero-order valence-electron chi connectivity index (χ0n) is 12.8. The molecule has 0 bridgehead atoms. The summed E-state index contributed by atoms with van der Waals surface area (Å²) in [6.45, 7) is 3.15. The van der Waals surface area contributed by atoms with Crippen molar-refractivity contribution in [1.82, 2.24) is 0 Å². The third-order valence-corrected chi connectivity index (χ3v) is 5.66. The van der Waals surface area contributed by atoms with Crippen LogP contribution in [0.25, 0.3) is 0 Å². The molecule has 0 saturated carbocycles. The second kappa shape index (κ2) is 7.03. The predicted molar refractivity (Wildman–Crippen MR) is 92.7 cm³/mol. The maximum atomic E-state index is 13.2. The Morgan fingerprint density at radius 2 is 2.09 bits per heavy atom. The zero-order chi connectivity index (χ0) is 16.4. The van der Waals surface area contributed by atoms with Gasteiger partial charge in [0.1, 0.15) is 5.82 Å². The van der Waals surface area contributed by atoms with E-state index in [0.29, 0.717) is 25.3 Å². The van der Waals surface area contributed by atoms with Gasteiger partial charge in [-0.25, -0.2) is 4.39 Å². The van der Waals surface area contributed by atoms with Crippen molar-refractivity contribution in [3.8, 4) is 0 Å². The molecular formula is C17H18FNO2S2. The quantitative estimate of drug-likeness (QED) is 0.479. The van der Waals surface area contributed by atoms with Gasteiger partial charge >= 0.3 is 0 Å². The Morgan fingerprint density at radius 1 is 1.35 bits per heavy atom. The van der Waals surface area contributed by atoms with E-state index in [1.807, 2.05) is 6.92 Å². The normalized spacial score (nSPS) is 19.1. The zero-order valence-corrected chi connectivity index (χ0v) is 14.5. The van der Waals surface area contributed by atoms with Crippen molar-refractivity contribution >= 4 is 29.7 Å². The lowest BCUT2D eigenvalue weighted by Gasteiger charge is -2.25. The van der Waals surface area contributed by atoms with Gasteiger partial charge in [-0.15, -0.1) is 24.0 Å². The molecule has 3 rings (SSSR count). The Hall–Kier alpha value is -1.37. The maximum absolute atomic E-state index is 13.2. The van der Waals surface area contributed by atoms with Gasteiger partial charge in [0.2, 0.25) is 0 Å². The van der Waals surface area contributed by atoms with Crippen molar-refractivity contribution < 1.29 is 14.3 Å². The number of nitrogens with zero attached hydrogens (tertiary/aromatic N) is 1. The van der Waals surface area contributed by atoms with Crippen LogP contribution in [0.4, 0.5) is 4.39 Å². The highest BCUT2D eigenvalue weighted by Crippen LogP contribution is 2.42. The van der Waals surface area contributed by atoms with Crippen LogP contribution >= 0.6 is 24.0 Å². The second-order valence-electron chi connectivity index (χ2n) is 5.52. The van der Waals surface area contributed by atoms with E-state index >= 15 is 0 Å². The molecule has 1 aliphatic carbocycles. The molecule has 1 aromatic heterocycles. The molecule has 6 heteroatoms. The standard InChI is InChI=1S/C17H18FNO2S2/c1-2-21-9-15-13-7-11(10-3-5-12(18)6-4-10)8-14(19-20)16(13)17(22)23-15/h3-6,11,20,22H,2,7-9H2,1H3/b19-14+. The molecule has 1 aromatic carbocycles. The molecule has 3 nitrogen and oxygen atoms in total. The minimum Gasteiger partial charge on any atom is -0.411 e. The molecule has 0 saturated heterocycles. The van der Waals surface area contributed by atoms with Crippen molar-refractivity contribution in [2.45, 2.75) is 36.5 Å². The third-order valence-electron chi connectivity index (χ3n) is 4.15. The Balaban J connectivity index is 1.98. The van der Waals surface area contributed by atoms with Crippen molar-refractivity contribution in [2.75, 3.05) is 6.61 Å². The van der Waals surface area contributed by atoms with Crippen LogP contribution in [0.5, 0.6) is 0 Å². The monoisotopic (exact) mass is 351 g/mol. The fraction of sp³-hybridized carbons (Fsp3) is 0.353. The summed E-state index contributed by atoms with van der Waals surface area (Å²) in [6.07, 6.45) is 1.44. The number of fused-ring (bicyclic) bond motifs is 1. The van der Waals surface area contributed by atoms with E-state index in [-0.39, 0.29) is 11.7 Å². The van der Waals surface area contributed by atoms with E-state index in [4.69, 9.17) is 4.74 Å². The van der Waals surface area contributed by atoms with Crippen molar-refractivity contribution in [3.05, 3.63) is 51.7 Å². The largest absolute Gasteiger partial charge is 0.411 e. The minimum absolute atomic E-state index is 0.164. The first-order valence-corrected chi connectivity index (χ1v) is 8.78. The molecular weight excluding hydrogens is 333 g/mol. The first kappa shape index (κ1) is 16.5. The van der Waals surface area contributed by atoms with Gasteiger partial charge in [-0.1, -0.05) is 17.3 Å². The number of thiol groups is 1. The molecule has 1 unspecified atom stereocenters. The SMILES string of the molecule is CCOCc1sc(S)c2c1CC(c1ccc(F)cc1)C/C2=N\O. The lowest BCUT2D eigenvalue weighted by molar-refractivity contribution is 0.135. The van der Waals surface area contributed by atoms with Crippen molar-refractivity contribution in [2.24, 2.45) is 5.16 Å². The predicted octanol–water partition coefficient (Wildman–Crippen LogP) is 4.62. The van der Waals surface area contributed by atoms with Crippen LogP contribution in [0.1, 0.15) is 40.8 Å². The molecule has 2 aromatic rings. The minimum atomic E-state index is -0.244. The van der Waals surface area contributed by atoms with Gasteiger partial charge in [0.25, 0.3) is 0 Å². The van der Waals surface area contributed by atoms with E-state index in [2.05, 4.69) is 17.8 Å². The lowest BCUT2D eigenvalue weighted by Crippen LogP contribution is -2.19. The first-order chi connectivity index (χ1) is 11.1. The Labute approximate surface area is 144 Å². The van der Waals surface area contributed by atoms with Gasteiger partial charge < -0.3 is 9.94 Å². The van der Waals surface area contributed by atoms with Crippen LogP contribution in [-0.4, -0.2) is 17.5 Å². The fourth-order valence-electron chi connectivity index (χ4n) is 3.04. The molecule has 1 atom stereocenters. The maximum Gasteiger partial charge on any atom is 0.123 e. The van der Waals surface area contributed by atoms with Crippen molar-refractivity contribution in [3.63, 3.8) is 0 Å². The van der Waals surface area contributed by atoms with Crippen LogP contribution in [-0.2, 0) is 17.8 Å². The topological polar surface area (TPSA) is 41.8 Å². The van der Waals surface area contributed by atoms with Crippen LogP contribution in [0.3, 0.4) is 0 Å². The summed E-state index contributed by atoms with van der Waals surface area (Å²) in [5.41, 5.74) is 3.77. The summed E-state index contributed by atoms with van der Waals surface area (Å²) in [5.74, 6) is -0.0804. The van der Waals surface area contributed by atoms with Gasteiger partial charge in [0.05, 0.1) is 16.5 Å². The van der Waals surface area contributed by atoms with Crippen LogP contribution in [0.15, 0.2) is 33.6 Å². The molecule has 1 N–H and O–H groups in total. The number of ether oxygens (including phenoxy) is 1. The van der Waals surface area contributed by atoms with Gasteiger partial charge in [-0.2, -0.15) is 0 Å². The molecule has 1 heterocycles. The highest BCUT2D eigenvalue weighted by molar-refractivity contribution is 7.83. The van der Waals surface area contributed by atoms with E-state index in [0.717, 1.165) is 32.2 Å². The molecule has 0 fully saturated rings. The Bertz CT molecular complexity index is 725. The molecule has 0 radical (unpaired) electrons. The first-order valence-electron chi connectivity index (χ1n) is 7.52. The molecule has 122 valence electrons. The average molecular weight is 351 g/mol. The van der Waals surface area contributed by atoms with Crippen LogP contribution in [0.2, 0.25) is 0 Å². The summed E-state index contributed by atoms with van der Waals surface area (Å²) >= 11 is 6.12. The smallest absolute Gasteiger partial charge is 0.123 e. The van der Waals surface area contributed by atoms with Crippen molar-refractivity contribution in [1.29, 1.82) is 0 Å². The highest BCUT2D eigenvalue weighted by Gasteiger charge is 2.31. The number of oxime groups is 1. The molecule has 0 aliphatic heterocycles.